The van der Waals surface area contributed by atoms with Gasteiger partial charge in [-0.15, -0.1) is 0 Å². The molecule has 0 saturated carbocycles. The van der Waals surface area contributed by atoms with Crippen molar-refractivity contribution in [3.63, 3.8) is 0 Å². The minimum Gasteiger partial charge on any atom is -0.456 e. The predicted octanol–water partition coefficient (Wildman–Crippen LogP) is 0.787. The molecule has 0 unspecified atom stereocenters. The summed E-state index contributed by atoms with van der Waals surface area (Å²) in [5.41, 5.74) is 0. The number of hydrogen-bond acceptors (Lipinski definition) is 6. The third-order valence-electron chi connectivity index (χ3n) is 2.90. The molecule has 0 fully saturated rings. The van der Waals surface area contributed by atoms with Crippen molar-refractivity contribution in [3.8, 4) is 0 Å². The van der Waals surface area contributed by atoms with E-state index in [4.69, 9.17) is 11.6 Å². The van der Waals surface area contributed by atoms with Crippen LogP contribution in [0.3, 0.4) is 0 Å². The van der Waals surface area contributed by atoms with Crippen LogP contribution < -0.4 is 15.4 Å². The minimum absolute atomic E-state index is 0.0561. The summed E-state index contributed by atoms with van der Waals surface area (Å²) in [5.74, 6) is -1.58. The van der Waals surface area contributed by atoms with Gasteiger partial charge in [-0.2, -0.15) is 0 Å². The molecule has 11 heteroatoms. The molecule has 0 aromatic heterocycles. The highest BCUT2D eigenvalue weighted by atomic mass is 35.5. The zero-order chi connectivity index (χ0) is 19.6. The zero-order valence-corrected chi connectivity index (χ0v) is 15.7. The fourth-order valence-corrected chi connectivity index (χ4v) is 3.24. The molecule has 3 N–H and O–H groups in total. The number of imide groups is 1. The highest BCUT2D eigenvalue weighted by Gasteiger charge is 2.18. The van der Waals surface area contributed by atoms with Gasteiger partial charge in [0.25, 0.3) is 5.91 Å². The van der Waals surface area contributed by atoms with Gasteiger partial charge in [-0.25, -0.2) is 17.9 Å². The molecule has 0 aliphatic rings. The molecule has 0 heterocycles. The first-order valence-electron chi connectivity index (χ1n) is 7.73. The normalized spacial score (nSPS) is 10.8. The van der Waals surface area contributed by atoms with Crippen LogP contribution in [0, 0.1) is 0 Å². The van der Waals surface area contributed by atoms with Gasteiger partial charge in [-0.05, 0) is 18.6 Å². The molecule has 9 nitrogen and oxygen atoms in total. The summed E-state index contributed by atoms with van der Waals surface area (Å²) in [6, 6.07) is 5.19. The van der Waals surface area contributed by atoms with Crippen molar-refractivity contribution in [1.82, 2.24) is 15.4 Å². The lowest BCUT2D eigenvalue weighted by atomic mass is 10.4. The SMILES string of the molecule is CCCNC(=O)NC(=O)COC(=O)CCNS(=O)(=O)c1ccccc1Cl. The second kappa shape index (κ2) is 10.7. The van der Waals surface area contributed by atoms with Gasteiger partial charge in [-0.3, -0.25) is 14.9 Å². The predicted molar refractivity (Wildman–Crippen MR) is 94.0 cm³/mol. The molecule has 1 rings (SSSR count). The van der Waals surface area contributed by atoms with Gasteiger partial charge in [0, 0.05) is 13.1 Å². The average molecular weight is 406 g/mol. The van der Waals surface area contributed by atoms with E-state index < -0.39 is 34.5 Å². The van der Waals surface area contributed by atoms with Crippen molar-refractivity contribution in [1.29, 1.82) is 0 Å². The second-order valence-electron chi connectivity index (χ2n) is 5.04. The molecule has 26 heavy (non-hydrogen) atoms. The summed E-state index contributed by atoms with van der Waals surface area (Å²) in [6.07, 6.45) is 0.416. The lowest BCUT2D eigenvalue weighted by Gasteiger charge is -2.09. The fourth-order valence-electron chi connectivity index (χ4n) is 1.69. The minimum atomic E-state index is -3.86. The Kier molecular flexibility index (Phi) is 9.03. The molecule has 144 valence electrons. The Bertz CT molecular complexity index is 754. The number of carbonyl (C=O) groups is 3. The topological polar surface area (TPSA) is 131 Å². The van der Waals surface area contributed by atoms with Gasteiger partial charge in [0.1, 0.15) is 4.90 Å². The number of hydrogen-bond donors (Lipinski definition) is 3. The van der Waals surface area contributed by atoms with Crippen LogP contribution in [0.4, 0.5) is 4.79 Å². The van der Waals surface area contributed by atoms with Crippen LogP contribution in [-0.4, -0.2) is 46.0 Å². The molecule has 0 spiro atoms. The van der Waals surface area contributed by atoms with E-state index in [0.717, 1.165) is 0 Å². The highest BCUT2D eigenvalue weighted by molar-refractivity contribution is 7.89. The molecule has 0 aliphatic carbocycles. The first kappa shape index (κ1) is 21.9. The van der Waals surface area contributed by atoms with Gasteiger partial charge >= 0.3 is 12.0 Å². The number of ether oxygens (including phenoxy) is 1. The molecule has 0 aliphatic heterocycles. The Labute approximate surface area is 156 Å². The molecule has 0 atom stereocenters. The molecular weight excluding hydrogens is 386 g/mol. The molecule has 0 radical (unpaired) electrons. The highest BCUT2D eigenvalue weighted by Crippen LogP contribution is 2.19. The maximum Gasteiger partial charge on any atom is 0.321 e. The summed E-state index contributed by atoms with van der Waals surface area (Å²) in [4.78, 5) is 34.1. The van der Waals surface area contributed by atoms with Gasteiger partial charge in [0.2, 0.25) is 10.0 Å². The van der Waals surface area contributed by atoms with E-state index in [1.54, 1.807) is 6.07 Å². The van der Waals surface area contributed by atoms with Gasteiger partial charge < -0.3 is 10.1 Å². The van der Waals surface area contributed by atoms with E-state index >= 15 is 0 Å². The van der Waals surface area contributed by atoms with Crippen LogP contribution in [0.25, 0.3) is 0 Å². The molecule has 3 amide bonds. The quantitative estimate of drug-likeness (QED) is 0.520. The summed E-state index contributed by atoms with van der Waals surface area (Å²) in [5, 5.41) is 4.46. The van der Waals surface area contributed by atoms with E-state index in [1.165, 1.54) is 18.2 Å². The number of urea groups is 1. The Morgan fingerprint density at radius 1 is 1.15 bits per heavy atom. The molecule has 1 aromatic carbocycles. The first-order valence-corrected chi connectivity index (χ1v) is 9.60. The van der Waals surface area contributed by atoms with Crippen LogP contribution in [0.1, 0.15) is 19.8 Å². The summed E-state index contributed by atoms with van der Waals surface area (Å²) < 4.78 is 31.0. The Balaban J connectivity index is 2.33. The lowest BCUT2D eigenvalue weighted by molar-refractivity contribution is -0.148. The van der Waals surface area contributed by atoms with E-state index in [2.05, 4.69) is 14.8 Å². The van der Waals surface area contributed by atoms with Crippen molar-refractivity contribution in [2.45, 2.75) is 24.7 Å². The summed E-state index contributed by atoms with van der Waals surface area (Å²) >= 11 is 5.82. The molecular formula is C15H20ClN3O6S. The van der Waals surface area contributed by atoms with Crippen molar-refractivity contribution in [2.24, 2.45) is 0 Å². The van der Waals surface area contributed by atoms with Crippen LogP contribution in [0.5, 0.6) is 0 Å². The third-order valence-corrected chi connectivity index (χ3v) is 4.86. The number of carbonyl (C=O) groups excluding carboxylic acids is 3. The number of rotatable bonds is 9. The number of sulfonamides is 1. The second-order valence-corrected chi connectivity index (χ2v) is 7.19. The van der Waals surface area contributed by atoms with Gasteiger partial charge in [0.15, 0.2) is 6.61 Å². The van der Waals surface area contributed by atoms with Crippen molar-refractivity contribution in [2.75, 3.05) is 19.7 Å². The Hall–Kier alpha value is -2.17. The molecule has 0 bridgehead atoms. The number of benzene rings is 1. The molecule has 0 saturated heterocycles. The standard InChI is InChI=1S/C15H20ClN3O6S/c1-2-8-17-15(22)19-13(20)10-25-14(21)7-9-18-26(23,24)12-6-4-3-5-11(12)16/h3-6,18H,2,7-10H2,1H3,(H2,17,19,20,22). The van der Waals surface area contributed by atoms with Gasteiger partial charge in [0.05, 0.1) is 11.4 Å². The third kappa shape index (κ3) is 7.81. The summed E-state index contributed by atoms with van der Waals surface area (Å²) in [6.45, 7) is 1.38. The van der Waals surface area contributed by atoms with Crippen LogP contribution >= 0.6 is 11.6 Å². The van der Waals surface area contributed by atoms with E-state index in [0.29, 0.717) is 13.0 Å². The van der Waals surface area contributed by atoms with Gasteiger partial charge in [-0.1, -0.05) is 30.7 Å². The largest absolute Gasteiger partial charge is 0.456 e. The number of amides is 3. The smallest absolute Gasteiger partial charge is 0.321 e. The molecule has 1 aromatic rings. The average Bonchev–Trinajstić information content (AvgIpc) is 2.58. The van der Waals surface area contributed by atoms with Crippen LogP contribution in [0.2, 0.25) is 5.02 Å². The van der Waals surface area contributed by atoms with Crippen molar-refractivity contribution < 1.29 is 27.5 Å². The van der Waals surface area contributed by atoms with Crippen LogP contribution in [0.15, 0.2) is 29.2 Å². The van der Waals surface area contributed by atoms with Crippen LogP contribution in [-0.2, 0) is 24.3 Å². The van der Waals surface area contributed by atoms with Crippen molar-refractivity contribution >= 4 is 39.5 Å². The summed E-state index contributed by atoms with van der Waals surface area (Å²) in [7, 11) is -3.86. The van der Waals surface area contributed by atoms with E-state index in [-0.39, 0.29) is 22.9 Å². The maximum absolute atomic E-state index is 12.1. The Morgan fingerprint density at radius 2 is 1.85 bits per heavy atom. The fraction of sp³-hybridized carbons (Fsp3) is 0.400. The van der Waals surface area contributed by atoms with Crippen molar-refractivity contribution in [3.05, 3.63) is 29.3 Å². The van der Waals surface area contributed by atoms with E-state index in [1.807, 2.05) is 12.2 Å². The monoisotopic (exact) mass is 405 g/mol. The zero-order valence-electron chi connectivity index (χ0n) is 14.1. The number of halogens is 1. The van der Waals surface area contributed by atoms with E-state index in [9.17, 15) is 22.8 Å². The Morgan fingerprint density at radius 3 is 2.50 bits per heavy atom. The lowest BCUT2D eigenvalue weighted by Crippen LogP contribution is -2.41. The number of esters is 1. The maximum atomic E-state index is 12.1. The number of nitrogens with one attached hydrogen (secondary N) is 3. The first-order chi connectivity index (χ1) is 12.3.